The molecule has 0 radical (unpaired) electrons. The Morgan fingerprint density at radius 2 is 1.59 bits per heavy atom. The highest BCUT2D eigenvalue weighted by atomic mass is 79.9. The normalized spacial score (nSPS) is 10.7. The summed E-state index contributed by atoms with van der Waals surface area (Å²) in [5, 5.41) is 0. The summed E-state index contributed by atoms with van der Waals surface area (Å²) >= 11 is 3.59. The van der Waals surface area contributed by atoms with E-state index in [0.29, 0.717) is 0 Å². The van der Waals surface area contributed by atoms with Crippen molar-refractivity contribution in [2.45, 2.75) is 13.8 Å². The van der Waals surface area contributed by atoms with Gasteiger partial charge in [-0.05, 0) is 37.6 Å². The highest BCUT2D eigenvalue weighted by Gasteiger charge is 2.19. The molecule has 0 atom stereocenters. The molecule has 2 nitrogen and oxygen atoms in total. The van der Waals surface area contributed by atoms with Crippen LogP contribution in [-0.4, -0.2) is 10.4 Å². The van der Waals surface area contributed by atoms with Gasteiger partial charge in [0.15, 0.2) is 5.78 Å². The van der Waals surface area contributed by atoms with Crippen molar-refractivity contribution >= 4 is 21.7 Å². The van der Waals surface area contributed by atoms with Gasteiger partial charge in [0.1, 0.15) is 0 Å². The lowest BCUT2D eigenvalue weighted by Crippen LogP contribution is -1.99. The fraction of sp³-hybridized carbons (Fsp3) is 0.105. The van der Waals surface area contributed by atoms with Crippen molar-refractivity contribution in [1.82, 2.24) is 4.57 Å². The molecule has 0 aliphatic carbocycles. The minimum atomic E-state index is 0.0814. The van der Waals surface area contributed by atoms with Gasteiger partial charge in [0.2, 0.25) is 0 Å². The summed E-state index contributed by atoms with van der Waals surface area (Å²) in [6, 6.07) is 18.1. The third kappa shape index (κ3) is 2.53. The lowest BCUT2D eigenvalue weighted by atomic mass is 10.0. The number of carbonyl (C=O) groups excluding carboxylic acids is 1. The van der Waals surface area contributed by atoms with E-state index >= 15 is 0 Å². The second-order valence-corrected chi connectivity index (χ2v) is 6.10. The molecule has 0 spiro atoms. The van der Waals surface area contributed by atoms with Crippen molar-refractivity contribution in [3.05, 3.63) is 76.5 Å². The molecule has 3 heteroatoms. The highest BCUT2D eigenvalue weighted by molar-refractivity contribution is 9.10. The van der Waals surface area contributed by atoms with Crippen molar-refractivity contribution in [3.63, 3.8) is 0 Å². The van der Waals surface area contributed by atoms with Crippen molar-refractivity contribution < 1.29 is 4.79 Å². The van der Waals surface area contributed by atoms with Gasteiger partial charge in [-0.1, -0.05) is 52.3 Å². The Balaban J connectivity index is 2.28. The van der Waals surface area contributed by atoms with E-state index in [4.69, 9.17) is 0 Å². The van der Waals surface area contributed by atoms with Crippen LogP contribution in [0, 0.1) is 6.92 Å². The van der Waals surface area contributed by atoms with Crippen LogP contribution in [0.15, 0.2) is 65.3 Å². The van der Waals surface area contributed by atoms with Gasteiger partial charge < -0.3 is 4.57 Å². The number of Topliss-reactive ketones (excluding diaryl/α,β-unsaturated/α-hetero) is 1. The largest absolute Gasteiger partial charge is 0.320 e. The molecular formula is C19H16BrNO. The second kappa shape index (κ2) is 5.93. The molecule has 0 N–H and O–H groups in total. The Morgan fingerprint density at radius 3 is 2.23 bits per heavy atom. The number of halogens is 1. The van der Waals surface area contributed by atoms with Gasteiger partial charge in [0, 0.05) is 33.2 Å². The predicted molar refractivity (Wildman–Crippen MR) is 93.6 cm³/mol. The quantitative estimate of drug-likeness (QED) is 0.576. The molecule has 0 aliphatic heterocycles. The summed E-state index contributed by atoms with van der Waals surface area (Å²) in [5.74, 6) is 0.0814. The first-order valence-corrected chi connectivity index (χ1v) is 7.92. The van der Waals surface area contributed by atoms with E-state index < -0.39 is 0 Å². The fourth-order valence-electron chi connectivity index (χ4n) is 2.79. The predicted octanol–water partition coefficient (Wildman–Crippen LogP) is 5.42. The second-order valence-electron chi connectivity index (χ2n) is 5.24. The topological polar surface area (TPSA) is 22.0 Å². The van der Waals surface area contributed by atoms with E-state index in [1.54, 1.807) is 6.92 Å². The Morgan fingerprint density at radius 1 is 0.955 bits per heavy atom. The molecule has 1 heterocycles. The fourth-order valence-corrected chi connectivity index (χ4v) is 3.29. The molecule has 0 bridgehead atoms. The zero-order chi connectivity index (χ0) is 15.7. The summed E-state index contributed by atoms with van der Waals surface area (Å²) < 4.78 is 3.06. The van der Waals surface area contributed by atoms with E-state index in [1.807, 2.05) is 67.7 Å². The van der Waals surface area contributed by atoms with Crippen molar-refractivity contribution in [2.75, 3.05) is 0 Å². The molecule has 3 aromatic rings. The summed E-state index contributed by atoms with van der Waals surface area (Å²) in [4.78, 5) is 12.2. The maximum atomic E-state index is 12.2. The summed E-state index contributed by atoms with van der Waals surface area (Å²) in [5.41, 5.74) is 4.79. The Labute approximate surface area is 138 Å². The van der Waals surface area contributed by atoms with Crippen LogP contribution in [0.4, 0.5) is 0 Å². The number of hydrogen-bond acceptors (Lipinski definition) is 1. The zero-order valence-electron chi connectivity index (χ0n) is 12.5. The first-order valence-electron chi connectivity index (χ1n) is 7.13. The molecule has 3 rings (SSSR count). The van der Waals surface area contributed by atoms with Gasteiger partial charge in [-0.2, -0.15) is 0 Å². The van der Waals surface area contributed by atoms with E-state index in [0.717, 1.165) is 32.5 Å². The number of carbonyl (C=O) groups is 1. The molecule has 0 unspecified atom stereocenters. The molecular weight excluding hydrogens is 338 g/mol. The number of aromatic nitrogens is 1. The third-order valence-corrected chi connectivity index (χ3v) is 4.49. The number of nitrogens with zero attached hydrogens (tertiary/aromatic N) is 1. The van der Waals surface area contributed by atoms with Gasteiger partial charge >= 0.3 is 0 Å². The summed E-state index contributed by atoms with van der Waals surface area (Å²) in [7, 11) is 0. The minimum Gasteiger partial charge on any atom is -0.320 e. The first-order chi connectivity index (χ1) is 10.6. The third-order valence-electron chi connectivity index (χ3n) is 3.80. The van der Waals surface area contributed by atoms with E-state index in [-0.39, 0.29) is 5.78 Å². The monoisotopic (exact) mass is 353 g/mol. The van der Waals surface area contributed by atoms with Crippen molar-refractivity contribution in [2.24, 2.45) is 0 Å². The molecule has 2 aromatic carbocycles. The number of benzene rings is 2. The number of ketones is 1. The lowest BCUT2D eigenvalue weighted by Gasteiger charge is -2.06. The average Bonchev–Trinajstić information content (AvgIpc) is 2.86. The van der Waals surface area contributed by atoms with Gasteiger partial charge in [-0.25, -0.2) is 0 Å². The van der Waals surface area contributed by atoms with Gasteiger partial charge in [-0.3, -0.25) is 4.79 Å². The van der Waals surface area contributed by atoms with Crippen LogP contribution in [0.25, 0.3) is 16.8 Å². The SMILES string of the molecule is CC(=O)c1c(-c2ccccc2Br)cn(-c2ccccc2)c1C. The Kier molecular flexibility index (Phi) is 3.99. The molecule has 0 saturated heterocycles. The molecule has 0 amide bonds. The highest BCUT2D eigenvalue weighted by Crippen LogP contribution is 2.34. The van der Waals surface area contributed by atoms with Gasteiger partial charge in [-0.15, -0.1) is 0 Å². The first kappa shape index (κ1) is 14.8. The van der Waals surface area contributed by atoms with Crippen LogP contribution in [-0.2, 0) is 0 Å². The van der Waals surface area contributed by atoms with Crippen LogP contribution in [0.3, 0.4) is 0 Å². The lowest BCUT2D eigenvalue weighted by molar-refractivity contribution is 0.101. The van der Waals surface area contributed by atoms with Crippen LogP contribution < -0.4 is 0 Å². The van der Waals surface area contributed by atoms with Crippen LogP contribution in [0.5, 0.6) is 0 Å². The van der Waals surface area contributed by atoms with E-state index in [9.17, 15) is 4.79 Å². The van der Waals surface area contributed by atoms with Crippen molar-refractivity contribution in [3.8, 4) is 16.8 Å². The van der Waals surface area contributed by atoms with Crippen molar-refractivity contribution in [1.29, 1.82) is 0 Å². The van der Waals surface area contributed by atoms with Crippen LogP contribution in [0.2, 0.25) is 0 Å². The number of rotatable bonds is 3. The standard InChI is InChI=1S/C19H16BrNO/c1-13-19(14(2)22)17(16-10-6-7-11-18(16)20)12-21(13)15-8-4-3-5-9-15/h3-12H,1-2H3. The number of hydrogen-bond donors (Lipinski definition) is 0. The molecule has 22 heavy (non-hydrogen) atoms. The minimum absolute atomic E-state index is 0.0814. The Bertz CT molecular complexity index is 834. The molecule has 110 valence electrons. The molecule has 1 aromatic heterocycles. The zero-order valence-corrected chi connectivity index (χ0v) is 14.1. The smallest absolute Gasteiger partial charge is 0.162 e. The van der Waals surface area contributed by atoms with Gasteiger partial charge in [0.05, 0.1) is 0 Å². The molecule has 0 fully saturated rings. The molecule has 0 saturated carbocycles. The maximum absolute atomic E-state index is 12.2. The number of para-hydroxylation sites is 1. The van der Waals surface area contributed by atoms with Gasteiger partial charge in [0.25, 0.3) is 0 Å². The maximum Gasteiger partial charge on any atom is 0.162 e. The summed E-state index contributed by atoms with van der Waals surface area (Å²) in [6.45, 7) is 3.61. The summed E-state index contributed by atoms with van der Waals surface area (Å²) in [6.07, 6.45) is 2.04. The Hall–Kier alpha value is -2.13. The molecule has 0 aliphatic rings. The van der Waals surface area contributed by atoms with E-state index in [1.165, 1.54) is 0 Å². The average molecular weight is 354 g/mol. The van der Waals surface area contributed by atoms with E-state index in [2.05, 4.69) is 20.5 Å². The van der Waals surface area contributed by atoms with Crippen LogP contribution in [0.1, 0.15) is 23.0 Å². The van der Waals surface area contributed by atoms with Crippen LogP contribution >= 0.6 is 15.9 Å².